The number of rotatable bonds is 4. The van der Waals surface area contributed by atoms with Crippen LogP contribution in [0.15, 0.2) is 72.8 Å². The second-order valence-electron chi connectivity index (χ2n) is 8.59. The summed E-state index contributed by atoms with van der Waals surface area (Å²) in [5, 5.41) is 12.7. The molecule has 2 aliphatic heterocycles. The number of halogens is 2. The standard InChI is InChI=1S/C26H23F2N3O3/c27-19-7-5-17(6-8-19)16-1-3-18(4-2-16)25-22-13-30(14-24(33)31(22)23(25)15-32)26(34)29-21-11-9-20(28)10-12-21/h1-12,22-23,25,32H,13-15H2,(H,29,34)/t22-,23-,25+/m1/s1. The topological polar surface area (TPSA) is 72.9 Å². The molecule has 8 heteroatoms. The minimum atomic E-state index is -0.433. The highest BCUT2D eigenvalue weighted by Crippen LogP contribution is 2.43. The quantitative estimate of drug-likeness (QED) is 0.618. The Hall–Kier alpha value is -3.78. The normalized spacial score (nSPS) is 21.6. The highest BCUT2D eigenvalue weighted by Gasteiger charge is 2.54. The average Bonchev–Trinajstić information content (AvgIpc) is 2.83. The number of aliphatic hydroxyl groups is 1. The Balaban J connectivity index is 1.33. The van der Waals surface area contributed by atoms with E-state index in [1.165, 1.54) is 41.3 Å². The number of urea groups is 1. The summed E-state index contributed by atoms with van der Waals surface area (Å²) in [5.41, 5.74) is 3.22. The molecule has 2 heterocycles. The Bertz CT molecular complexity index is 1200. The number of nitrogens with one attached hydrogen (secondary N) is 1. The number of hydrogen-bond donors (Lipinski definition) is 2. The summed E-state index contributed by atoms with van der Waals surface area (Å²) in [4.78, 5) is 28.7. The molecule has 0 unspecified atom stereocenters. The molecule has 0 radical (unpaired) electrons. The van der Waals surface area contributed by atoms with E-state index in [1.807, 2.05) is 24.3 Å². The van der Waals surface area contributed by atoms with E-state index in [1.54, 1.807) is 17.0 Å². The van der Waals surface area contributed by atoms with Crippen LogP contribution in [0.3, 0.4) is 0 Å². The third-order valence-electron chi connectivity index (χ3n) is 6.61. The molecule has 174 valence electrons. The van der Waals surface area contributed by atoms with Gasteiger partial charge in [-0.1, -0.05) is 36.4 Å². The molecule has 0 bridgehead atoms. The van der Waals surface area contributed by atoms with Gasteiger partial charge in [0.15, 0.2) is 0 Å². The Kier molecular flexibility index (Phi) is 5.75. The predicted molar refractivity (Wildman–Crippen MR) is 123 cm³/mol. The van der Waals surface area contributed by atoms with E-state index in [4.69, 9.17) is 0 Å². The summed E-state index contributed by atoms with van der Waals surface area (Å²) < 4.78 is 26.4. The summed E-state index contributed by atoms with van der Waals surface area (Å²) in [5.74, 6) is -1.04. The molecule has 2 saturated heterocycles. The minimum Gasteiger partial charge on any atom is -0.394 e. The zero-order valence-corrected chi connectivity index (χ0v) is 18.2. The van der Waals surface area contributed by atoms with Crippen LogP contribution in [0.25, 0.3) is 11.1 Å². The lowest BCUT2D eigenvalue weighted by molar-refractivity contribution is -0.159. The van der Waals surface area contributed by atoms with Crippen LogP contribution in [0.4, 0.5) is 19.3 Å². The first-order valence-corrected chi connectivity index (χ1v) is 11.0. The Morgan fingerprint density at radius 2 is 1.47 bits per heavy atom. The summed E-state index contributed by atoms with van der Waals surface area (Å²) in [6, 6.07) is 18.4. The first-order valence-electron chi connectivity index (χ1n) is 11.0. The summed E-state index contributed by atoms with van der Waals surface area (Å²) in [6.07, 6.45) is 0. The van der Waals surface area contributed by atoms with E-state index in [2.05, 4.69) is 5.32 Å². The minimum absolute atomic E-state index is 0.0871. The van der Waals surface area contributed by atoms with E-state index >= 15 is 0 Å². The molecule has 3 atom stereocenters. The third kappa shape index (κ3) is 4.01. The number of amides is 3. The van der Waals surface area contributed by atoms with Gasteiger partial charge in [0, 0.05) is 18.2 Å². The smallest absolute Gasteiger partial charge is 0.322 e. The lowest BCUT2D eigenvalue weighted by atomic mass is 9.73. The van der Waals surface area contributed by atoms with Gasteiger partial charge in [-0.3, -0.25) is 4.79 Å². The number of anilines is 1. The number of carbonyl (C=O) groups excluding carboxylic acids is 2. The summed E-state index contributed by atoms with van der Waals surface area (Å²) >= 11 is 0. The van der Waals surface area contributed by atoms with Crippen LogP contribution in [-0.4, -0.2) is 58.6 Å². The fraction of sp³-hybridized carbons (Fsp3) is 0.231. The lowest BCUT2D eigenvalue weighted by Crippen LogP contribution is -2.73. The van der Waals surface area contributed by atoms with Crippen LogP contribution < -0.4 is 5.32 Å². The van der Waals surface area contributed by atoms with Gasteiger partial charge in [-0.25, -0.2) is 13.6 Å². The number of benzene rings is 3. The van der Waals surface area contributed by atoms with Gasteiger partial charge >= 0.3 is 6.03 Å². The Morgan fingerprint density at radius 3 is 2.06 bits per heavy atom. The average molecular weight is 463 g/mol. The van der Waals surface area contributed by atoms with Crippen molar-refractivity contribution in [2.45, 2.75) is 18.0 Å². The van der Waals surface area contributed by atoms with Crippen LogP contribution in [-0.2, 0) is 4.79 Å². The van der Waals surface area contributed by atoms with Gasteiger partial charge in [0.05, 0.1) is 18.7 Å². The largest absolute Gasteiger partial charge is 0.394 e. The maximum atomic E-state index is 13.2. The molecule has 2 fully saturated rings. The van der Waals surface area contributed by atoms with E-state index in [0.29, 0.717) is 12.2 Å². The van der Waals surface area contributed by atoms with Gasteiger partial charge in [0.1, 0.15) is 18.2 Å². The zero-order valence-electron chi connectivity index (χ0n) is 18.2. The maximum absolute atomic E-state index is 13.2. The highest BCUT2D eigenvalue weighted by molar-refractivity contribution is 5.93. The first kappa shape index (κ1) is 22.0. The van der Waals surface area contributed by atoms with Gasteiger partial charge in [-0.05, 0) is 53.1 Å². The van der Waals surface area contributed by atoms with Gasteiger partial charge < -0.3 is 20.2 Å². The molecule has 0 aromatic heterocycles. The van der Waals surface area contributed by atoms with Crippen molar-refractivity contribution < 1.29 is 23.5 Å². The second kappa shape index (κ2) is 8.87. The number of fused-ring (bicyclic) bond motifs is 1. The molecule has 3 amide bonds. The summed E-state index contributed by atoms with van der Waals surface area (Å²) in [7, 11) is 0. The van der Waals surface area contributed by atoms with E-state index < -0.39 is 11.8 Å². The number of piperazine rings is 1. The van der Waals surface area contributed by atoms with Crippen molar-refractivity contribution in [2.75, 3.05) is 25.0 Å². The maximum Gasteiger partial charge on any atom is 0.322 e. The van der Waals surface area contributed by atoms with Gasteiger partial charge in [0.2, 0.25) is 5.91 Å². The Labute approximate surface area is 195 Å². The van der Waals surface area contributed by atoms with Crippen molar-refractivity contribution in [2.24, 2.45) is 0 Å². The SMILES string of the molecule is O=C(Nc1ccc(F)cc1)N1CC(=O)N2[C@H](CO)[C@@H](c3ccc(-c4ccc(F)cc4)cc3)[C@H]2C1. The van der Waals surface area contributed by atoms with E-state index in [9.17, 15) is 23.5 Å². The predicted octanol–water partition coefficient (Wildman–Crippen LogP) is 3.83. The van der Waals surface area contributed by atoms with Crippen molar-refractivity contribution in [1.82, 2.24) is 9.80 Å². The van der Waals surface area contributed by atoms with Crippen LogP contribution in [0.5, 0.6) is 0 Å². The van der Waals surface area contributed by atoms with E-state index in [0.717, 1.165) is 16.7 Å². The fourth-order valence-electron chi connectivity index (χ4n) is 4.93. The molecule has 0 aliphatic carbocycles. The molecule has 2 N–H and O–H groups in total. The Morgan fingerprint density at radius 1 is 0.912 bits per heavy atom. The lowest BCUT2D eigenvalue weighted by Gasteiger charge is -2.58. The molecule has 5 rings (SSSR count). The zero-order chi connectivity index (χ0) is 23.8. The molecular weight excluding hydrogens is 440 g/mol. The molecule has 3 aromatic carbocycles. The molecular formula is C26H23F2N3O3. The number of nitrogens with zero attached hydrogens (tertiary/aromatic N) is 2. The molecule has 6 nitrogen and oxygen atoms in total. The molecule has 0 spiro atoms. The van der Waals surface area contributed by atoms with Gasteiger partial charge in [-0.15, -0.1) is 0 Å². The fourth-order valence-corrected chi connectivity index (χ4v) is 4.93. The molecule has 3 aromatic rings. The molecule has 2 aliphatic rings. The third-order valence-corrected chi connectivity index (χ3v) is 6.61. The van der Waals surface area contributed by atoms with Crippen LogP contribution in [0, 0.1) is 11.6 Å². The van der Waals surface area contributed by atoms with Crippen LogP contribution >= 0.6 is 0 Å². The van der Waals surface area contributed by atoms with Crippen molar-refractivity contribution in [1.29, 1.82) is 0 Å². The first-order chi connectivity index (χ1) is 16.4. The number of aliphatic hydroxyl groups excluding tert-OH is 1. The highest BCUT2D eigenvalue weighted by atomic mass is 19.1. The van der Waals surface area contributed by atoms with Crippen molar-refractivity contribution >= 4 is 17.6 Å². The van der Waals surface area contributed by atoms with Crippen molar-refractivity contribution in [3.05, 3.63) is 90.0 Å². The van der Waals surface area contributed by atoms with Crippen molar-refractivity contribution in [3.63, 3.8) is 0 Å². The van der Waals surface area contributed by atoms with Gasteiger partial charge in [-0.2, -0.15) is 0 Å². The number of hydrogen-bond acceptors (Lipinski definition) is 3. The second-order valence-corrected chi connectivity index (χ2v) is 8.59. The van der Waals surface area contributed by atoms with Crippen LogP contribution in [0.2, 0.25) is 0 Å². The van der Waals surface area contributed by atoms with Gasteiger partial charge in [0.25, 0.3) is 0 Å². The van der Waals surface area contributed by atoms with E-state index in [-0.39, 0.29) is 42.9 Å². The summed E-state index contributed by atoms with van der Waals surface area (Å²) in [6.45, 7) is 0.0598. The monoisotopic (exact) mass is 463 g/mol. The molecule has 0 saturated carbocycles. The number of carbonyl (C=O) groups is 2. The van der Waals surface area contributed by atoms with Crippen molar-refractivity contribution in [3.8, 4) is 11.1 Å². The molecule has 34 heavy (non-hydrogen) atoms. The van der Waals surface area contributed by atoms with Crippen LogP contribution in [0.1, 0.15) is 11.5 Å².